The van der Waals surface area contributed by atoms with E-state index in [1.54, 1.807) is 0 Å². The summed E-state index contributed by atoms with van der Waals surface area (Å²) in [6.45, 7) is 10.7. The van der Waals surface area contributed by atoms with Crippen molar-refractivity contribution < 1.29 is 19.1 Å². The number of ether oxygens (including phenoxy) is 1. The van der Waals surface area contributed by atoms with E-state index in [1.807, 2.05) is 49.1 Å². The SMILES string of the molecule is Cc1ccc(NC(=O)C2C3C=CC4(O3)C2C(=O)N(C2CCCCC2C)C4C(=O)NC2CCCC(C)C2C)cc1C. The molecule has 7 nitrogen and oxygen atoms in total. The van der Waals surface area contributed by atoms with Crippen LogP contribution in [0, 0.1) is 43.4 Å². The van der Waals surface area contributed by atoms with Gasteiger partial charge in [0.1, 0.15) is 11.6 Å². The molecule has 3 aliphatic heterocycles. The van der Waals surface area contributed by atoms with Gasteiger partial charge in [-0.25, -0.2) is 0 Å². The Morgan fingerprint density at radius 1 is 0.950 bits per heavy atom. The predicted octanol–water partition coefficient (Wildman–Crippen LogP) is 4.91. The summed E-state index contributed by atoms with van der Waals surface area (Å²) in [4.78, 5) is 44.4. The van der Waals surface area contributed by atoms with Crippen LogP contribution in [0.4, 0.5) is 5.69 Å². The number of hydrogen-bond donors (Lipinski definition) is 2. The number of fused-ring (bicyclic) bond motifs is 1. The molecule has 3 heterocycles. The molecule has 40 heavy (non-hydrogen) atoms. The van der Waals surface area contributed by atoms with Crippen molar-refractivity contribution in [1.82, 2.24) is 10.2 Å². The van der Waals surface area contributed by atoms with Crippen molar-refractivity contribution in [3.05, 3.63) is 41.5 Å². The van der Waals surface area contributed by atoms with Crippen LogP contribution >= 0.6 is 0 Å². The molecular weight excluding hydrogens is 502 g/mol. The number of carbonyl (C=O) groups is 3. The molecule has 10 unspecified atom stereocenters. The molecule has 5 aliphatic rings. The average molecular weight is 548 g/mol. The predicted molar refractivity (Wildman–Crippen MR) is 154 cm³/mol. The molecule has 0 radical (unpaired) electrons. The molecule has 2 N–H and O–H groups in total. The minimum absolute atomic E-state index is 0.0285. The van der Waals surface area contributed by atoms with Crippen LogP contribution in [-0.4, -0.2) is 52.5 Å². The number of amides is 3. The van der Waals surface area contributed by atoms with E-state index in [4.69, 9.17) is 4.74 Å². The van der Waals surface area contributed by atoms with Gasteiger partial charge in [0.25, 0.3) is 0 Å². The van der Waals surface area contributed by atoms with E-state index in [-0.39, 0.29) is 29.8 Å². The molecule has 2 aliphatic carbocycles. The van der Waals surface area contributed by atoms with E-state index in [1.165, 1.54) is 6.42 Å². The summed E-state index contributed by atoms with van der Waals surface area (Å²) in [5.74, 6) is -0.615. The van der Waals surface area contributed by atoms with Gasteiger partial charge in [0.15, 0.2) is 0 Å². The van der Waals surface area contributed by atoms with Gasteiger partial charge in [0.05, 0.1) is 17.9 Å². The van der Waals surface area contributed by atoms with Gasteiger partial charge in [-0.2, -0.15) is 0 Å². The van der Waals surface area contributed by atoms with Crippen molar-refractivity contribution in [3.63, 3.8) is 0 Å². The first-order chi connectivity index (χ1) is 19.1. The van der Waals surface area contributed by atoms with Crippen LogP contribution in [0.3, 0.4) is 0 Å². The first-order valence-electron chi connectivity index (χ1n) is 15.5. The van der Waals surface area contributed by atoms with Crippen molar-refractivity contribution in [2.45, 2.75) is 109 Å². The molecule has 0 aromatic heterocycles. The van der Waals surface area contributed by atoms with Crippen molar-refractivity contribution in [2.24, 2.45) is 29.6 Å². The molecule has 6 rings (SSSR count). The molecule has 10 atom stereocenters. The van der Waals surface area contributed by atoms with Crippen LogP contribution < -0.4 is 10.6 Å². The highest BCUT2D eigenvalue weighted by Crippen LogP contribution is 2.56. The lowest BCUT2D eigenvalue weighted by atomic mass is 9.73. The number of anilines is 1. The molecule has 4 fully saturated rings. The molecule has 2 saturated carbocycles. The average Bonchev–Trinajstić information content (AvgIpc) is 3.56. The summed E-state index contributed by atoms with van der Waals surface area (Å²) in [6.07, 6.45) is 10.6. The summed E-state index contributed by atoms with van der Waals surface area (Å²) in [6, 6.07) is 5.14. The minimum atomic E-state index is -1.11. The van der Waals surface area contributed by atoms with Gasteiger partial charge in [-0.15, -0.1) is 0 Å². The molecule has 3 amide bonds. The first kappa shape index (κ1) is 27.5. The maximum Gasteiger partial charge on any atom is 0.246 e. The number of hydrogen-bond acceptors (Lipinski definition) is 4. The van der Waals surface area contributed by atoms with Crippen molar-refractivity contribution in [1.29, 1.82) is 0 Å². The second-order valence-corrected chi connectivity index (χ2v) is 13.4. The van der Waals surface area contributed by atoms with E-state index in [9.17, 15) is 14.4 Å². The van der Waals surface area contributed by atoms with E-state index in [0.717, 1.165) is 49.7 Å². The topological polar surface area (TPSA) is 87.7 Å². The van der Waals surface area contributed by atoms with E-state index in [2.05, 4.69) is 31.4 Å². The largest absolute Gasteiger partial charge is 0.359 e. The zero-order valence-electron chi connectivity index (χ0n) is 24.6. The van der Waals surface area contributed by atoms with Crippen LogP contribution in [0.5, 0.6) is 0 Å². The Bertz CT molecular complexity index is 1230. The number of likely N-dealkylation sites (tertiary alicyclic amines) is 1. The maximum absolute atomic E-state index is 14.5. The normalized spacial score (nSPS) is 40.3. The number of nitrogens with one attached hydrogen (secondary N) is 2. The molecule has 1 aromatic rings. The highest BCUT2D eigenvalue weighted by atomic mass is 16.5. The Balaban J connectivity index is 1.33. The minimum Gasteiger partial charge on any atom is -0.359 e. The Hall–Kier alpha value is -2.67. The fourth-order valence-corrected chi connectivity index (χ4v) is 8.37. The third-order valence-corrected chi connectivity index (χ3v) is 11.1. The maximum atomic E-state index is 14.5. The van der Waals surface area contributed by atoms with E-state index >= 15 is 0 Å². The lowest BCUT2D eigenvalue weighted by molar-refractivity contribution is -0.146. The highest BCUT2D eigenvalue weighted by molar-refractivity contribution is 6.03. The van der Waals surface area contributed by atoms with Crippen molar-refractivity contribution >= 4 is 23.4 Å². The fourth-order valence-electron chi connectivity index (χ4n) is 8.37. The summed E-state index contributed by atoms with van der Waals surface area (Å²) in [7, 11) is 0. The monoisotopic (exact) mass is 547 g/mol. The van der Waals surface area contributed by atoms with Gasteiger partial charge >= 0.3 is 0 Å². The highest BCUT2D eigenvalue weighted by Gasteiger charge is 2.73. The smallest absolute Gasteiger partial charge is 0.246 e. The molecule has 1 aromatic carbocycles. The second kappa shape index (κ2) is 10.3. The van der Waals surface area contributed by atoms with Crippen molar-refractivity contribution in [3.8, 4) is 0 Å². The van der Waals surface area contributed by atoms with Crippen molar-refractivity contribution in [2.75, 3.05) is 5.32 Å². The van der Waals surface area contributed by atoms with Crippen LogP contribution in [-0.2, 0) is 19.1 Å². The van der Waals surface area contributed by atoms with Crippen LogP contribution in [0.1, 0.15) is 76.8 Å². The van der Waals surface area contributed by atoms with Gasteiger partial charge in [0.2, 0.25) is 17.7 Å². The molecule has 7 heteroatoms. The Labute approximate surface area is 238 Å². The van der Waals surface area contributed by atoms with Gasteiger partial charge in [-0.05, 0) is 74.1 Å². The lowest BCUT2D eigenvalue weighted by Gasteiger charge is -2.42. The third kappa shape index (κ3) is 4.31. The van der Waals surface area contributed by atoms with Crippen LogP contribution in [0.2, 0.25) is 0 Å². The van der Waals surface area contributed by atoms with Gasteiger partial charge in [-0.1, -0.05) is 64.7 Å². The Kier molecular flexibility index (Phi) is 7.09. The summed E-state index contributed by atoms with van der Waals surface area (Å²) in [5.41, 5.74) is 1.85. The number of nitrogens with zero attached hydrogens (tertiary/aromatic N) is 1. The van der Waals surface area contributed by atoms with E-state index < -0.39 is 29.6 Å². The Morgan fingerprint density at radius 3 is 2.45 bits per heavy atom. The van der Waals surface area contributed by atoms with Crippen LogP contribution in [0.25, 0.3) is 0 Å². The van der Waals surface area contributed by atoms with Crippen LogP contribution in [0.15, 0.2) is 30.4 Å². The van der Waals surface area contributed by atoms with Gasteiger partial charge in [-0.3, -0.25) is 14.4 Å². The quantitative estimate of drug-likeness (QED) is 0.513. The summed E-state index contributed by atoms with van der Waals surface area (Å²) >= 11 is 0. The number of rotatable bonds is 5. The fraction of sp³-hybridized carbons (Fsp3) is 0.667. The number of carbonyl (C=O) groups excluding carboxylic acids is 3. The molecule has 216 valence electrons. The van der Waals surface area contributed by atoms with E-state index in [0.29, 0.717) is 23.4 Å². The number of aryl methyl sites for hydroxylation is 2. The zero-order valence-corrected chi connectivity index (χ0v) is 24.6. The molecule has 2 saturated heterocycles. The molecule has 1 spiro atoms. The summed E-state index contributed by atoms with van der Waals surface area (Å²) in [5, 5.41) is 6.45. The Morgan fingerprint density at radius 2 is 1.70 bits per heavy atom. The second-order valence-electron chi connectivity index (χ2n) is 13.4. The van der Waals surface area contributed by atoms with Gasteiger partial charge in [0, 0.05) is 17.8 Å². The zero-order chi connectivity index (χ0) is 28.3. The third-order valence-electron chi connectivity index (χ3n) is 11.1. The molecule has 2 bridgehead atoms. The standard InChI is InChI=1S/C33H45N3O4/c1-18-13-14-23(17-21(18)4)34-30(37)27-26-15-16-33(40-26)28(27)32(39)36(25-12-7-6-9-20(25)3)29(33)31(38)35-24-11-8-10-19(2)22(24)5/h13-17,19-20,22,24-29H,6-12H2,1-5H3,(H,34,37)(H,35,38). The molecular formula is C33H45N3O4. The van der Waals surface area contributed by atoms with Gasteiger partial charge < -0.3 is 20.3 Å². The lowest BCUT2D eigenvalue weighted by Crippen LogP contribution is -2.60. The first-order valence-corrected chi connectivity index (χ1v) is 15.5. The number of benzene rings is 1. The summed E-state index contributed by atoms with van der Waals surface area (Å²) < 4.78 is 6.60.